The molecule has 3 heterocycles. The molecule has 0 atom stereocenters. The van der Waals surface area contributed by atoms with Crippen molar-refractivity contribution in [1.29, 1.82) is 0 Å². The predicted octanol–water partition coefficient (Wildman–Crippen LogP) is 2.47. The van der Waals surface area contributed by atoms with Crippen LogP contribution >= 0.6 is 0 Å². The van der Waals surface area contributed by atoms with E-state index in [4.69, 9.17) is 4.52 Å². The van der Waals surface area contributed by atoms with Gasteiger partial charge in [-0.3, -0.25) is 10.00 Å². The first-order valence-corrected chi connectivity index (χ1v) is 7.57. The van der Waals surface area contributed by atoms with Gasteiger partial charge in [0.15, 0.2) is 5.82 Å². The summed E-state index contributed by atoms with van der Waals surface area (Å²) in [5.74, 6) is 2.10. The van der Waals surface area contributed by atoms with Crippen LogP contribution in [0.5, 0.6) is 0 Å². The van der Waals surface area contributed by atoms with Crippen molar-refractivity contribution < 1.29 is 4.52 Å². The SMILES string of the molecule is CC(C)(C)c1nc(CN2CCC(c3ccn[nH]3)CC2)no1. The standard InChI is InChI=1S/C15H23N5O/c1-15(2,3)14-17-13(19-21-14)10-20-8-5-11(6-9-20)12-4-7-16-18-12/h4,7,11H,5-6,8-10H2,1-3H3,(H,16,18). The minimum atomic E-state index is -0.0845. The van der Waals surface area contributed by atoms with E-state index in [0.717, 1.165) is 38.3 Å². The van der Waals surface area contributed by atoms with Crippen molar-refractivity contribution in [2.75, 3.05) is 13.1 Å². The number of nitrogens with one attached hydrogen (secondary N) is 1. The number of rotatable bonds is 3. The minimum absolute atomic E-state index is 0.0845. The Bertz CT molecular complexity index is 561. The zero-order valence-electron chi connectivity index (χ0n) is 13.0. The number of likely N-dealkylation sites (tertiary alicyclic amines) is 1. The molecule has 114 valence electrons. The van der Waals surface area contributed by atoms with E-state index in [2.05, 4.69) is 52.1 Å². The number of nitrogens with zero attached hydrogens (tertiary/aromatic N) is 4. The second-order valence-electron chi connectivity index (χ2n) is 6.83. The van der Waals surface area contributed by atoms with E-state index in [-0.39, 0.29) is 5.41 Å². The van der Waals surface area contributed by atoms with Crippen molar-refractivity contribution in [3.63, 3.8) is 0 Å². The molecule has 1 N–H and O–H groups in total. The summed E-state index contributed by atoms with van der Waals surface area (Å²) < 4.78 is 5.35. The highest BCUT2D eigenvalue weighted by Gasteiger charge is 2.25. The molecular weight excluding hydrogens is 266 g/mol. The van der Waals surface area contributed by atoms with Crippen LogP contribution in [0.3, 0.4) is 0 Å². The third-order valence-electron chi connectivity index (χ3n) is 4.02. The predicted molar refractivity (Wildman–Crippen MR) is 78.8 cm³/mol. The maximum Gasteiger partial charge on any atom is 0.232 e. The Hall–Kier alpha value is -1.69. The molecule has 21 heavy (non-hydrogen) atoms. The summed E-state index contributed by atoms with van der Waals surface area (Å²) in [6.45, 7) is 9.14. The molecule has 6 nitrogen and oxygen atoms in total. The van der Waals surface area contributed by atoms with E-state index in [1.807, 2.05) is 6.20 Å². The normalized spacial score (nSPS) is 18.2. The number of hydrogen-bond donors (Lipinski definition) is 1. The van der Waals surface area contributed by atoms with Gasteiger partial charge in [-0.15, -0.1) is 0 Å². The second kappa shape index (κ2) is 5.60. The molecule has 0 aliphatic carbocycles. The Morgan fingerprint density at radius 1 is 1.33 bits per heavy atom. The van der Waals surface area contributed by atoms with Crippen LogP contribution in [0.2, 0.25) is 0 Å². The Morgan fingerprint density at radius 2 is 2.10 bits per heavy atom. The third-order valence-corrected chi connectivity index (χ3v) is 4.02. The van der Waals surface area contributed by atoms with Crippen LogP contribution in [-0.2, 0) is 12.0 Å². The van der Waals surface area contributed by atoms with Gasteiger partial charge in [0.05, 0.1) is 6.54 Å². The molecule has 1 aliphatic heterocycles. The monoisotopic (exact) mass is 289 g/mol. The first-order valence-electron chi connectivity index (χ1n) is 7.57. The molecule has 0 unspecified atom stereocenters. The van der Waals surface area contributed by atoms with E-state index in [9.17, 15) is 0 Å². The summed E-state index contributed by atoms with van der Waals surface area (Å²) in [6, 6.07) is 2.08. The molecule has 0 saturated carbocycles. The lowest BCUT2D eigenvalue weighted by Crippen LogP contribution is -2.33. The van der Waals surface area contributed by atoms with E-state index >= 15 is 0 Å². The summed E-state index contributed by atoms with van der Waals surface area (Å²) in [5.41, 5.74) is 1.17. The van der Waals surface area contributed by atoms with Crippen LogP contribution in [0.4, 0.5) is 0 Å². The van der Waals surface area contributed by atoms with Crippen molar-refractivity contribution in [1.82, 2.24) is 25.2 Å². The number of hydrogen-bond acceptors (Lipinski definition) is 5. The molecule has 0 bridgehead atoms. The minimum Gasteiger partial charge on any atom is -0.339 e. The van der Waals surface area contributed by atoms with Crippen LogP contribution in [0, 0.1) is 0 Å². The lowest BCUT2D eigenvalue weighted by molar-refractivity contribution is 0.196. The lowest BCUT2D eigenvalue weighted by atomic mass is 9.94. The van der Waals surface area contributed by atoms with Crippen molar-refractivity contribution in [3.05, 3.63) is 29.7 Å². The molecule has 0 aromatic carbocycles. The fraction of sp³-hybridized carbons (Fsp3) is 0.667. The molecule has 6 heteroatoms. The quantitative estimate of drug-likeness (QED) is 0.940. The first-order chi connectivity index (χ1) is 10.0. The summed E-state index contributed by atoms with van der Waals surface area (Å²) in [4.78, 5) is 6.90. The van der Waals surface area contributed by atoms with Gasteiger partial charge in [-0.2, -0.15) is 10.1 Å². The zero-order chi connectivity index (χ0) is 14.9. The maximum atomic E-state index is 5.35. The van der Waals surface area contributed by atoms with Gasteiger partial charge in [0.25, 0.3) is 0 Å². The summed E-state index contributed by atoms with van der Waals surface area (Å²) in [5, 5.41) is 11.2. The average Bonchev–Trinajstić information content (AvgIpc) is 3.09. The second-order valence-corrected chi connectivity index (χ2v) is 6.83. The molecule has 0 spiro atoms. The molecule has 2 aromatic rings. The lowest BCUT2D eigenvalue weighted by Gasteiger charge is -2.30. The first kappa shape index (κ1) is 14.3. The Labute approximate surface area is 124 Å². The smallest absolute Gasteiger partial charge is 0.232 e. The van der Waals surface area contributed by atoms with E-state index in [0.29, 0.717) is 11.8 Å². The van der Waals surface area contributed by atoms with Crippen LogP contribution in [0.15, 0.2) is 16.8 Å². The number of H-pyrrole nitrogens is 1. The maximum absolute atomic E-state index is 5.35. The highest BCUT2D eigenvalue weighted by molar-refractivity contribution is 5.07. The Balaban J connectivity index is 1.55. The largest absolute Gasteiger partial charge is 0.339 e. The van der Waals surface area contributed by atoms with Gasteiger partial charge >= 0.3 is 0 Å². The number of piperidine rings is 1. The van der Waals surface area contributed by atoms with Crippen LogP contribution in [-0.4, -0.2) is 38.3 Å². The van der Waals surface area contributed by atoms with Gasteiger partial charge in [-0.05, 0) is 32.0 Å². The molecule has 3 rings (SSSR count). The van der Waals surface area contributed by atoms with Crippen molar-refractivity contribution in [2.24, 2.45) is 0 Å². The fourth-order valence-corrected chi connectivity index (χ4v) is 2.72. The van der Waals surface area contributed by atoms with Crippen LogP contribution in [0.25, 0.3) is 0 Å². The van der Waals surface area contributed by atoms with Gasteiger partial charge in [-0.25, -0.2) is 0 Å². The van der Waals surface area contributed by atoms with Gasteiger partial charge in [0.1, 0.15) is 0 Å². The van der Waals surface area contributed by atoms with Crippen molar-refractivity contribution in [2.45, 2.75) is 51.5 Å². The summed E-state index contributed by atoms with van der Waals surface area (Å²) >= 11 is 0. The molecule has 2 aromatic heterocycles. The van der Waals surface area contributed by atoms with E-state index in [1.165, 1.54) is 5.69 Å². The average molecular weight is 289 g/mol. The van der Waals surface area contributed by atoms with E-state index < -0.39 is 0 Å². The highest BCUT2D eigenvalue weighted by Crippen LogP contribution is 2.27. The zero-order valence-corrected chi connectivity index (χ0v) is 13.0. The Kier molecular flexibility index (Phi) is 3.80. The van der Waals surface area contributed by atoms with Gasteiger partial charge in [0.2, 0.25) is 5.89 Å². The number of aromatic amines is 1. The molecule has 1 fully saturated rings. The van der Waals surface area contributed by atoms with Crippen molar-refractivity contribution >= 4 is 0 Å². The number of aromatic nitrogens is 4. The summed E-state index contributed by atoms with van der Waals surface area (Å²) in [7, 11) is 0. The Morgan fingerprint density at radius 3 is 2.67 bits per heavy atom. The van der Waals surface area contributed by atoms with E-state index in [1.54, 1.807) is 0 Å². The highest BCUT2D eigenvalue weighted by atomic mass is 16.5. The molecule has 0 radical (unpaired) electrons. The van der Waals surface area contributed by atoms with Gasteiger partial charge in [-0.1, -0.05) is 25.9 Å². The van der Waals surface area contributed by atoms with Crippen molar-refractivity contribution in [3.8, 4) is 0 Å². The van der Waals surface area contributed by atoms with Gasteiger partial charge in [0, 0.05) is 23.2 Å². The van der Waals surface area contributed by atoms with Crippen LogP contribution in [0.1, 0.15) is 56.9 Å². The third kappa shape index (κ3) is 3.32. The summed E-state index contributed by atoms with van der Waals surface area (Å²) in [6.07, 6.45) is 4.12. The van der Waals surface area contributed by atoms with Crippen LogP contribution < -0.4 is 0 Å². The van der Waals surface area contributed by atoms with Gasteiger partial charge < -0.3 is 4.52 Å². The fourth-order valence-electron chi connectivity index (χ4n) is 2.72. The molecule has 0 amide bonds. The molecule has 1 saturated heterocycles. The molecule has 1 aliphatic rings. The topological polar surface area (TPSA) is 70.8 Å². The molecular formula is C15H23N5O.